The molecule has 7 heteroatoms. The number of H-pyrrole nitrogens is 1. The second kappa shape index (κ2) is 7.07. The molecule has 2 aromatic heterocycles. The number of carbonyl (C=O) groups is 1. The summed E-state index contributed by atoms with van der Waals surface area (Å²) in [6.07, 6.45) is 6.45. The van der Waals surface area contributed by atoms with Crippen LogP contribution in [-0.4, -0.2) is 60.2 Å². The topological polar surface area (TPSA) is 61.5 Å². The molecular weight excluding hydrogens is 335 g/mol. The molecule has 6 nitrogen and oxygen atoms in total. The normalized spacial score (nSPS) is 19.1. The van der Waals surface area contributed by atoms with Crippen molar-refractivity contribution in [2.45, 2.75) is 18.8 Å². The highest BCUT2D eigenvalue weighted by atomic mass is 19.1. The standard InChI is InChI=1S/C19H23FN4O2/c1-2-16(25)23-5-7-24(8-6-23)18-15(20)12-22-19-17(18)14(11-21-19)13-3-9-26-10-4-13/h2,11-13H,1,3-10H2,(H,21,22). The Morgan fingerprint density at radius 2 is 2.04 bits per heavy atom. The van der Waals surface area contributed by atoms with Crippen LogP contribution in [0, 0.1) is 5.82 Å². The van der Waals surface area contributed by atoms with Crippen molar-refractivity contribution < 1.29 is 13.9 Å². The highest BCUT2D eigenvalue weighted by Crippen LogP contribution is 2.38. The number of fused-ring (bicyclic) bond motifs is 1. The zero-order valence-electron chi connectivity index (χ0n) is 14.7. The Morgan fingerprint density at radius 3 is 2.73 bits per heavy atom. The number of aromatic amines is 1. The van der Waals surface area contributed by atoms with Gasteiger partial charge >= 0.3 is 0 Å². The van der Waals surface area contributed by atoms with Crippen LogP contribution in [-0.2, 0) is 9.53 Å². The molecule has 4 heterocycles. The number of hydrogen-bond acceptors (Lipinski definition) is 4. The van der Waals surface area contributed by atoms with E-state index in [2.05, 4.69) is 16.5 Å². The van der Waals surface area contributed by atoms with Crippen molar-refractivity contribution in [3.05, 3.63) is 36.4 Å². The maximum atomic E-state index is 14.8. The molecule has 138 valence electrons. The molecule has 0 unspecified atom stereocenters. The van der Waals surface area contributed by atoms with E-state index in [1.165, 1.54) is 12.3 Å². The average molecular weight is 358 g/mol. The first-order valence-corrected chi connectivity index (χ1v) is 9.08. The molecule has 0 aliphatic carbocycles. The van der Waals surface area contributed by atoms with Gasteiger partial charge in [0.1, 0.15) is 5.65 Å². The maximum absolute atomic E-state index is 14.8. The van der Waals surface area contributed by atoms with E-state index >= 15 is 0 Å². The number of nitrogens with zero attached hydrogens (tertiary/aromatic N) is 3. The number of hydrogen-bond donors (Lipinski definition) is 1. The Hall–Kier alpha value is -2.41. The average Bonchev–Trinajstić information content (AvgIpc) is 3.12. The molecule has 2 aliphatic rings. The fraction of sp³-hybridized carbons (Fsp3) is 0.474. The summed E-state index contributed by atoms with van der Waals surface area (Å²) in [5, 5.41) is 0.875. The summed E-state index contributed by atoms with van der Waals surface area (Å²) in [4.78, 5) is 23.0. The molecule has 0 aromatic carbocycles. The third-order valence-electron chi connectivity index (χ3n) is 5.40. The molecule has 2 aromatic rings. The minimum Gasteiger partial charge on any atom is -0.381 e. The first-order valence-electron chi connectivity index (χ1n) is 9.08. The molecule has 2 saturated heterocycles. The highest BCUT2D eigenvalue weighted by Gasteiger charge is 2.27. The van der Waals surface area contributed by atoms with E-state index in [1.54, 1.807) is 4.90 Å². The van der Waals surface area contributed by atoms with Gasteiger partial charge < -0.3 is 19.5 Å². The van der Waals surface area contributed by atoms with Crippen LogP contribution in [0.1, 0.15) is 24.3 Å². The van der Waals surface area contributed by atoms with Crippen molar-refractivity contribution in [1.82, 2.24) is 14.9 Å². The van der Waals surface area contributed by atoms with Gasteiger partial charge in [-0.1, -0.05) is 6.58 Å². The van der Waals surface area contributed by atoms with Gasteiger partial charge in [-0.25, -0.2) is 9.37 Å². The SMILES string of the molecule is C=CC(=O)N1CCN(c2c(F)cnc3[nH]cc(C4CCOCC4)c23)CC1. The smallest absolute Gasteiger partial charge is 0.246 e. The Bertz CT molecular complexity index is 820. The number of anilines is 1. The monoisotopic (exact) mass is 358 g/mol. The van der Waals surface area contributed by atoms with E-state index in [4.69, 9.17) is 4.74 Å². The molecule has 0 radical (unpaired) electrons. The Kier molecular flexibility index (Phi) is 4.63. The number of nitrogens with one attached hydrogen (secondary N) is 1. The first-order chi connectivity index (χ1) is 12.7. The lowest BCUT2D eigenvalue weighted by atomic mass is 9.91. The molecule has 2 fully saturated rings. The van der Waals surface area contributed by atoms with Gasteiger partial charge in [0.15, 0.2) is 5.82 Å². The third kappa shape index (κ3) is 2.96. The van der Waals surface area contributed by atoms with E-state index in [0.29, 0.717) is 43.4 Å². The maximum Gasteiger partial charge on any atom is 0.246 e. The predicted octanol–water partition coefficient (Wildman–Crippen LogP) is 2.43. The Balaban J connectivity index is 1.68. The van der Waals surface area contributed by atoms with Crippen LogP contribution >= 0.6 is 0 Å². The van der Waals surface area contributed by atoms with Crippen LogP contribution in [0.5, 0.6) is 0 Å². The van der Waals surface area contributed by atoms with Gasteiger partial charge in [-0.3, -0.25) is 4.79 Å². The number of piperazine rings is 1. The van der Waals surface area contributed by atoms with Gasteiger partial charge in [-0.05, 0) is 30.4 Å². The van der Waals surface area contributed by atoms with E-state index < -0.39 is 0 Å². The largest absolute Gasteiger partial charge is 0.381 e. The first kappa shape index (κ1) is 17.0. The molecule has 26 heavy (non-hydrogen) atoms. The van der Waals surface area contributed by atoms with Crippen molar-refractivity contribution in [1.29, 1.82) is 0 Å². The van der Waals surface area contributed by atoms with E-state index in [0.717, 1.165) is 37.0 Å². The summed E-state index contributed by atoms with van der Waals surface area (Å²) < 4.78 is 20.3. The van der Waals surface area contributed by atoms with E-state index in [-0.39, 0.29) is 11.7 Å². The summed E-state index contributed by atoms with van der Waals surface area (Å²) >= 11 is 0. The van der Waals surface area contributed by atoms with Crippen molar-refractivity contribution in [3.63, 3.8) is 0 Å². The summed E-state index contributed by atoms with van der Waals surface area (Å²) in [5.41, 5.74) is 2.44. The number of carbonyl (C=O) groups excluding carboxylic acids is 1. The number of halogens is 1. The summed E-state index contributed by atoms with van der Waals surface area (Å²) in [6.45, 7) is 7.31. The van der Waals surface area contributed by atoms with Gasteiger partial charge in [0.05, 0.1) is 11.9 Å². The lowest BCUT2D eigenvalue weighted by Gasteiger charge is -2.36. The molecule has 4 rings (SSSR count). The van der Waals surface area contributed by atoms with Crippen LogP contribution in [0.2, 0.25) is 0 Å². The molecule has 0 saturated carbocycles. The summed E-state index contributed by atoms with van der Waals surface area (Å²) in [7, 11) is 0. The minimum atomic E-state index is -0.311. The molecule has 0 spiro atoms. The van der Waals surface area contributed by atoms with Crippen LogP contribution in [0.4, 0.5) is 10.1 Å². The Labute approximate surface area is 151 Å². The zero-order valence-corrected chi connectivity index (χ0v) is 14.7. The number of aromatic nitrogens is 2. The van der Waals surface area contributed by atoms with Crippen molar-refractivity contribution in [3.8, 4) is 0 Å². The van der Waals surface area contributed by atoms with E-state index in [1.807, 2.05) is 11.1 Å². The summed E-state index contributed by atoms with van der Waals surface area (Å²) in [5.74, 6) is -0.0353. The van der Waals surface area contributed by atoms with Crippen molar-refractivity contribution in [2.24, 2.45) is 0 Å². The number of ether oxygens (including phenoxy) is 1. The zero-order chi connectivity index (χ0) is 18.1. The van der Waals surface area contributed by atoms with Crippen molar-refractivity contribution >= 4 is 22.6 Å². The minimum absolute atomic E-state index is 0.0745. The van der Waals surface area contributed by atoms with Gasteiger partial charge in [0.2, 0.25) is 5.91 Å². The molecule has 0 bridgehead atoms. The van der Waals surface area contributed by atoms with Gasteiger partial charge in [0.25, 0.3) is 0 Å². The molecule has 1 amide bonds. The van der Waals surface area contributed by atoms with Gasteiger partial charge in [-0.15, -0.1) is 0 Å². The lowest BCUT2D eigenvalue weighted by Crippen LogP contribution is -2.48. The third-order valence-corrected chi connectivity index (χ3v) is 5.40. The second-order valence-electron chi connectivity index (χ2n) is 6.83. The molecule has 0 atom stereocenters. The number of pyridine rings is 1. The van der Waals surface area contributed by atoms with Crippen LogP contribution in [0.15, 0.2) is 25.0 Å². The lowest BCUT2D eigenvalue weighted by molar-refractivity contribution is -0.126. The van der Waals surface area contributed by atoms with E-state index in [9.17, 15) is 9.18 Å². The quantitative estimate of drug-likeness (QED) is 0.856. The highest BCUT2D eigenvalue weighted by molar-refractivity contribution is 5.94. The van der Waals surface area contributed by atoms with Crippen LogP contribution < -0.4 is 4.90 Å². The molecule has 2 aliphatic heterocycles. The molecule has 1 N–H and O–H groups in total. The fourth-order valence-corrected chi connectivity index (χ4v) is 4.00. The second-order valence-corrected chi connectivity index (χ2v) is 6.83. The number of amides is 1. The van der Waals surface area contributed by atoms with Gasteiger partial charge in [0, 0.05) is 51.0 Å². The molecular formula is C19H23FN4O2. The predicted molar refractivity (Wildman–Crippen MR) is 97.8 cm³/mol. The summed E-state index contributed by atoms with van der Waals surface area (Å²) in [6, 6.07) is 0. The van der Waals surface area contributed by atoms with Gasteiger partial charge in [-0.2, -0.15) is 0 Å². The van der Waals surface area contributed by atoms with Crippen molar-refractivity contribution in [2.75, 3.05) is 44.3 Å². The van der Waals surface area contributed by atoms with Crippen LogP contribution in [0.25, 0.3) is 11.0 Å². The van der Waals surface area contributed by atoms with Crippen LogP contribution in [0.3, 0.4) is 0 Å². The Morgan fingerprint density at radius 1 is 1.31 bits per heavy atom. The fourth-order valence-electron chi connectivity index (χ4n) is 4.00. The number of rotatable bonds is 3.